The first-order valence-electron chi connectivity index (χ1n) is 6.55. The number of hydrogen-bond donors (Lipinski definition) is 2. The summed E-state index contributed by atoms with van der Waals surface area (Å²) in [5, 5.41) is 6.90. The zero-order valence-corrected chi connectivity index (χ0v) is 13.0. The number of halogens is 2. The van der Waals surface area contributed by atoms with Crippen molar-refractivity contribution in [3.63, 3.8) is 0 Å². The van der Waals surface area contributed by atoms with Gasteiger partial charge in [-0.2, -0.15) is 0 Å². The van der Waals surface area contributed by atoms with Gasteiger partial charge in [0.05, 0.1) is 11.3 Å². The average molecular weight is 324 g/mol. The van der Waals surface area contributed by atoms with Crippen LogP contribution < -0.4 is 10.6 Å². The molecule has 1 amide bonds. The van der Waals surface area contributed by atoms with Gasteiger partial charge in [-0.15, -0.1) is 0 Å². The van der Waals surface area contributed by atoms with Crippen molar-refractivity contribution in [2.24, 2.45) is 0 Å². The van der Waals surface area contributed by atoms with E-state index in [0.29, 0.717) is 21.3 Å². The van der Waals surface area contributed by atoms with Crippen LogP contribution in [0.25, 0.3) is 0 Å². The second-order valence-corrected chi connectivity index (χ2v) is 5.33. The molecule has 0 unspecified atom stereocenters. The zero-order chi connectivity index (χ0) is 15.2. The number of carbonyl (C=O) groups is 1. The molecule has 0 aliphatic heterocycles. The molecule has 2 rings (SSSR count). The Bertz CT molecular complexity index is 626. The van der Waals surface area contributed by atoms with Gasteiger partial charge in [-0.1, -0.05) is 30.1 Å². The molecule has 2 aromatic rings. The first-order valence-corrected chi connectivity index (χ1v) is 7.31. The van der Waals surface area contributed by atoms with Crippen LogP contribution in [0.3, 0.4) is 0 Å². The highest BCUT2D eigenvalue weighted by atomic mass is 35.5. The molecular formula is C15H15Cl2N3O. The van der Waals surface area contributed by atoms with Crippen LogP contribution in [0.5, 0.6) is 0 Å². The Morgan fingerprint density at radius 2 is 1.95 bits per heavy atom. The van der Waals surface area contributed by atoms with E-state index >= 15 is 0 Å². The van der Waals surface area contributed by atoms with Gasteiger partial charge in [-0.25, -0.2) is 0 Å². The summed E-state index contributed by atoms with van der Waals surface area (Å²) in [5.41, 5.74) is 1.77. The quantitative estimate of drug-likeness (QED) is 0.853. The summed E-state index contributed by atoms with van der Waals surface area (Å²) in [6.45, 7) is 2.84. The number of hydrogen-bond acceptors (Lipinski definition) is 3. The molecule has 0 aliphatic rings. The molecule has 6 heteroatoms. The van der Waals surface area contributed by atoms with Crippen LogP contribution in [-0.2, 0) is 0 Å². The Hall–Kier alpha value is -1.78. The van der Waals surface area contributed by atoms with Gasteiger partial charge in [0, 0.05) is 34.7 Å². The van der Waals surface area contributed by atoms with Crippen LogP contribution in [0.2, 0.25) is 10.0 Å². The number of amides is 1. The smallest absolute Gasteiger partial charge is 0.259 e. The Morgan fingerprint density at radius 3 is 2.62 bits per heavy atom. The fraction of sp³-hybridized carbons (Fsp3) is 0.200. The SMILES string of the molecule is CCCNc1ccncc1C(=O)Nc1cc(Cl)cc(Cl)c1. The number of nitrogens with one attached hydrogen (secondary N) is 2. The van der Waals surface area contributed by atoms with Crippen LogP contribution in [0.4, 0.5) is 11.4 Å². The minimum Gasteiger partial charge on any atom is -0.384 e. The van der Waals surface area contributed by atoms with Crippen LogP contribution in [0.15, 0.2) is 36.7 Å². The minimum atomic E-state index is -0.264. The molecular weight excluding hydrogens is 309 g/mol. The fourth-order valence-electron chi connectivity index (χ4n) is 1.81. The molecule has 1 aromatic heterocycles. The van der Waals surface area contributed by atoms with Crippen LogP contribution in [-0.4, -0.2) is 17.4 Å². The van der Waals surface area contributed by atoms with Gasteiger partial charge in [-0.3, -0.25) is 9.78 Å². The molecule has 0 radical (unpaired) electrons. The van der Waals surface area contributed by atoms with Crippen LogP contribution in [0, 0.1) is 0 Å². The Kier molecular flexibility index (Phi) is 5.42. The van der Waals surface area contributed by atoms with E-state index in [4.69, 9.17) is 23.2 Å². The molecule has 110 valence electrons. The third-order valence-electron chi connectivity index (χ3n) is 2.75. The molecule has 4 nitrogen and oxygen atoms in total. The third-order valence-corrected chi connectivity index (χ3v) is 3.19. The number of pyridine rings is 1. The van der Waals surface area contributed by atoms with Crippen LogP contribution >= 0.6 is 23.2 Å². The van der Waals surface area contributed by atoms with Gasteiger partial charge < -0.3 is 10.6 Å². The molecule has 0 saturated carbocycles. The first kappa shape index (κ1) is 15.6. The normalized spacial score (nSPS) is 10.2. The van der Waals surface area contributed by atoms with Gasteiger partial charge in [-0.05, 0) is 30.7 Å². The Labute approximate surface area is 133 Å². The van der Waals surface area contributed by atoms with Crippen molar-refractivity contribution in [1.82, 2.24) is 4.98 Å². The summed E-state index contributed by atoms with van der Waals surface area (Å²) in [6, 6.07) is 6.66. The maximum atomic E-state index is 12.3. The molecule has 0 atom stereocenters. The van der Waals surface area contributed by atoms with Gasteiger partial charge in [0.1, 0.15) is 0 Å². The van der Waals surface area contributed by atoms with Gasteiger partial charge in [0.25, 0.3) is 5.91 Å². The molecule has 2 N–H and O–H groups in total. The number of aromatic nitrogens is 1. The largest absolute Gasteiger partial charge is 0.384 e. The van der Waals surface area contributed by atoms with E-state index in [1.54, 1.807) is 30.5 Å². The fourth-order valence-corrected chi connectivity index (χ4v) is 2.34. The summed E-state index contributed by atoms with van der Waals surface area (Å²) in [4.78, 5) is 16.3. The zero-order valence-electron chi connectivity index (χ0n) is 11.5. The molecule has 1 aromatic carbocycles. The Morgan fingerprint density at radius 1 is 1.24 bits per heavy atom. The Balaban J connectivity index is 2.20. The van der Waals surface area contributed by atoms with Crippen LogP contribution in [0.1, 0.15) is 23.7 Å². The second-order valence-electron chi connectivity index (χ2n) is 4.46. The first-order chi connectivity index (χ1) is 10.1. The van der Waals surface area contributed by atoms with E-state index in [2.05, 4.69) is 22.5 Å². The van der Waals surface area contributed by atoms with Crippen molar-refractivity contribution in [2.45, 2.75) is 13.3 Å². The van der Waals surface area contributed by atoms with Crippen molar-refractivity contribution in [2.75, 3.05) is 17.2 Å². The van der Waals surface area contributed by atoms with Gasteiger partial charge >= 0.3 is 0 Å². The number of anilines is 2. The highest BCUT2D eigenvalue weighted by Crippen LogP contribution is 2.23. The van der Waals surface area contributed by atoms with E-state index < -0.39 is 0 Å². The lowest BCUT2D eigenvalue weighted by atomic mass is 10.2. The van der Waals surface area contributed by atoms with E-state index in [1.807, 2.05) is 0 Å². The molecule has 0 fully saturated rings. The van der Waals surface area contributed by atoms with E-state index in [1.165, 1.54) is 6.20 Å². The monoisotopic (exact) mass is 323 g/mol. The lowest BCUT2D eigenvalue weighted by Gasteiger charge is -2.11. The summed E-state index contributed by atoms with van der Waals surface area (Å²) in [5.74, 6) is -0.264. The number of nitrogens with zero attached hydrogens (tertiary/aromatic N) is 1. The second kappa shape index (κ2) is 7.29. The van der Waals surface area contributed by atoms with Crippen molar-refractivity contribution in [3.05, 3.63) is 52.3 Å². The molecule has 0 saturated heterocycles. The third kappa shape index (κ3) is 4.34. The summed E-state index contributed by atoms with van der Waals surface area (Å²) < 4.78 is 0. The predicted molar refractivity (Wildman–Crippen MR) is 87.4 cm³/mol. The number of carbonyl (C=O) groups excluding carboxylic acids is 1. The standard InChI is InChI=1S/C15H15Cl2N3O/c1-2-4-19-14-3-5-18-9-13(14)15(21)20-12-7-10(16)6-11(17)8-12/h3,5-9H,2,4H2,1H3,(H,18,19)(H,20,21). The lowest BCUT2D eigenvalue weighted by Crippen LogP contribution is -2.15. The predicted octanol–water partition coefficient (Wildman–Crippen LogP) is 4.46. The van der Waals surface area contributed by atoms with E-state index in [9.17, 15) is 4.79 Å². The van der Waals surface area contributed by atoms with Crippen molar-refractivity contribution >= 4 is 40.5 Å². The van der Waals surface area contributed by atoms with E-state index in [-0.39, 0.29) is 5.91 Å². The minimum absolute atomic E-state index is 0.264. The summed E-state index contributed by atoms with van der Waals surface area (Å²) in [6.07, 6.45) is 4.14. The molecule has 1 heterocycles. The molecule has 0 aliphatic carbocycles. The lowest BCUT2D eigenvalue weighted by molar-refractivity contribution is 0.102. The highest BCUT2D eigenvalue weighted by molar-refractivity contribution is 6.35. The number of benzene rings is 1. The maximum Gasteiger partial charge on any atom is 0.259 e. The summed E-state index contributed by atoms with van der Waals surface area (Å²) in [7, 11) is 0. The van der Waals surface area contributed by atoms with Crippen molar-refractivity contribution in [3.8, 4) is 0 Å². The van der Waals surface area contributed by atoms with Crippen molar-refractivity contribution in [1.29, 1.82) is 0 Å². The average Bonchev–Trinajstić information content (AvgIpc) is 2.44. The van der Waals surface area contributed by atoms with Gasteiger partial charge in [0.15, 0.2) is 0 Å². The molecule has 0 spiro atoms. The highest BCUT2D eigenvalue weighted by Gasteiger charge is 2.12. The number of rotatable bonds is 5. The maximum absolute atomic E-state index is 12.3. The summed E-state index contributed by atoms with van der Waals surface area (Å²) >= 11 is 11.8. The van der Waals surface area contributed by atoms with Crippen molar-refractivity contribution < 1.29 is 4.79 Å². The topological polar surface area (TPSA) is 54.0 Å². The van der Waals surface area contributed by atoms with E-state index in [0.717, 1.165) is 18.7 Å². The molecule has 21 heavy (non-hydrogen) atoms. The van der Waals surface area contributed by atoms with Gasteiger partial charge in [0.2, 0.25) is 0 Å². The molecule has 0 bridgehead atoms.